The van der Waals surface area contributed by atoms with Crippen molar-refractivity contribution in [1.82, 2.24) is 9.80 Å². The van der Waals surface area contributed by atoms with Crippen LogP contribution in [0.3, 0.4) is 0 Å². The third kappa shape index (κ3) is 3.27. The molecule has 2 fully saturated rings. The number of halogens is 1. The summed E-state index contributed by atoms with van der Waals surface area (Å²) in [6, 6.07) is 12.6. The Morgan fingerprint density at radius 1 is 1.07 bits per heavy atom. The molecule has 0 aromatic heterocycles. The summed E-state index contributed by atoms with van der Waals surface area (Å²) in [4.78, 5) is 17.8. The quantitative estimate of drug-likeness (QED) is 0.812. The number of hydrogen-bond donors (Lipinski definition) is 0. The lowest BCUT2D eigenvalue weighted by atomic mass is 9.89. The Hall–Kier alpha value is -2.20. The summed E-state index contributed by atoms with van der Waals surface area (Å²) in [6.45, 7) is 10.0. The maximum Gasteiger partial charge on any atom is 0.254 e. The van der Waals surface area contributed by atoms with Crippen LogP contribution < -0.4 is 0 Å². The molecule has 0 spiro atoms. The Morgan fingerprint density at radius 3 is 2.59 bits per heavy atom. The van der Waals surface area contributed by atoms with E-state index < -0.39 is 0 Å². The molecule has 27 heavy (non-hydrogen) atoms. The van der Waals surface area contributed by atoms with Gasteiger partial charge >= 0.3 is 0 Å². The van der Waals surface area contributed by atoms with Gasteiger partial charge in [0.05, 0.1) is 6.04 Å². The van der Waals surface area contributed by atoms with Gasteiger partial charge in [-0.05, 0) is 67.3 Å². The average molecular weight is 366 g/mol. The van der Waals surface area contributed by atoms with Gasteiger partial charge in [-0.2, -0.15) is 0 Å². The SMILES string of the molecule is CCN1C[C@H]2CN(C(=O)c3ccc(C)c(C)c3)[C@@H](c3cccc(F)c3)[C@H]2C1. The summed E-state index contributed by atoms with van der Waals surface area (Å²) >= 11 is 0. The predicted octanol–water partition coefficient (Wildman–Crippen LogP) is 4.21. The molecular formula is C23H27FN2O. The Kier molecular flexibility index (Phi) is 4.77. The van der Waals surface area contributed by atoms with E-state index in [-0.39, 0.29) is 17.8 Å². The summed E-state index contributed by atoms with van der Waals surface area (Å²) in [5.74, 6) is 0.639. The van der Waals surface area contributed by atoms with E-state index in [2.05, 4.69) is 18.7 Å². The molecule has 1 amide bonds. The minimum absolute atomic E-state index is 0.0589. The summed E-state index contributed by atoms with van der Waals surface area (Å²) in [7, 11) is 0. The zero-order chi connectivity index (χ0) is 19.1. The van der Waals surface area contributed by atoms with Crippen LogP contribution in [0.5, 0.6) is 0 Å². The molecule has 0 saturated carbocycles. The van der Waals surface area contributed by atoms with Crippen LogP contribution in [0.1, 0.15) is 40.0 Å². The van der Waals surface area contributed by atoms with E-state index in [9.17, 15) is 9.18 Å². The summed E-state index contributed by atoms with van der Waals surface area (Å²) < 4.78 is 13.9. The second kappa shape index (κ2) is 7.08. The van der Waals surface area contributed by atoms with E-state index in [4.69, 9.17) is 0 Å². The number of hydrogen-bond acceptors (Lipinski definition) is 2. The van der Waals surface area contributed by atoms with E-state index in [1.807, 2.05) is 36.1 Å². The van der Waals surface area contributed by atoms with Crippen LogP contribution in [0.25, 0.3) is 0 Å². The zero-order valence-electron chi connectivity index (χ0n) is 16.3. The van der Waals surface area contributed by atoms with Gasteiger partial charge in [-0.15, -0.1) is 0 Å². The number of carbonyl (C=O) groups is 1. The summed E-state index contributed by atoms with van der Waals surface area (Å²) in [5.41, 5.74) is 3.95. The molecule has 2 heterocycles. The van der Waals surface area contributed by atoms with Crippen molar-refractivity contribution in [3.63, 3.8) is 0 Å². The topological polar surface area (TPSA) is 23.6 Å². The minimum atomic E-state index is -0.236. The fourth-order valence-corrected chi connectivity index (χ4v) is 4.76. The normalized spacial score (nSPS) is 25.0. The van der Waals surface area contributed by atoms with E-state index in [0.29, 0.717) is 11.8 Å². The Morgan fingerprint density at radius 2 is 1.89 bits per heavy atom. The van der Waals surface area contributed by atoms with Crippen LogP contribution in [0.15, 0.2) is 42.5 Å². The first-order valence-electron chi connectivity index (χ1n) is 9.84. The maximum atomic E-state index is 13.9. The molecule has 4 heteroatoms. The van der Waals surface area contributed by atoms with Gasteiger partial charge in [0.2, 0.25) is 0 Å². The van der Waals surface area contributed by atoms with Gasteiger partial charge in [0.1, 0.15) is 5.82 Å². The van der Waals surface area contributed by atoms with E-state index in [1.54, 1.807) is 12.1 Å². The molecule has 0 bridgehead atoms. The lowest BCUT2D eigenvalue weighted by molar-refractivity contribution is 0.0701. The van der Waals surface area contributed by atoms with E-state index >= 15 is 0 Å². The highest BCUT2D eigenvalue weighted by atomic mass is 19.1. The van der Waals surface area contributed by atoms with Crippen LogP contribution in [-0.4, -0.2) is 41.9 Å². The molecule has 4 rings (SSSR count). The van der Waals surface area contributed by atoms with Crippen molar-refractivity contribution in [1.29, 1.82) is 0 Å². The molecular weight excluding hydrogens is 339 g/mol. The van der Waals surface area contributed by atoms with Crippen molar-refractivity contribution < 1.29 is 9.18 Å². The number of rotatable bonds is 3. The third-order valence-electron chi connectivity index (χ3n) is 6.39. The minimum Gasteiger partial charge on any atom is -0.331 e. The number of benzene rings is 2. The van der Waals surface area contributed by atoms with Gasteiger partial charge in [0.25, 0.3) is 5.91 Å². The fraction of sp³-hybridized carbons (Fsp3) is 0.435. The number of carbonyl (C=O) groups excluding carboxylic acids is 1. The Balaban J connectivity index is 1.70. The molecule has 0 unspecified atom stereocenters. The second-order valence-electron chi connectivity index (χ2n) is 8.03. The average Bonchev–Trinajstić information content (AvgIpc) is 3.20. The smallest absolute Gasteiger partial charge is 0.254 e. The van der Waals surface area contributed by atoms with Crippen LogP contribution in [0.4, 0.5) is 4.39 Å². The number of likely N-dealkylation sites (tertiary alicyclic amines) is 2. The standard InChI is InChI=1S/C23H27FN2O/c1-4-25-12-19-13-26(23(27)18-9-8-15(2)16(3)10-18)22(21(19)14-25)17-6-5-7-20(24)11-17/h5-11,19,21-22H,4,12-14H2,1-3H3/t19-,21-,22-/m0/s1. The number of aryl methyl sites for hydroxylation is 2. The third-order valence-corrected chi connectivity index (χ3v) is 6.39. The Labute approximate surface area is 160 Å². The molecule has 0 N–H and O–H groups in total. The highest BCUT2D eigenvalue weighted by Gasteiger charge is 2.48. The molecule has 2 aromatic rings. The molecule has 2 aliphatic rings. The first-order valence-corrected chi connectivity index (χ1v) is 9.84. The van der Waals surface area contributed by atoms with Gasteiger partial charge in [-0.1, -0.05) is 25.1 Å². The van der Waals surface area contributed by atoms with Gasteiger partial charge in [0, 0.05) is 31.1 Å². The number of amides is 1. The lowest BCUT2D eigenvalue weighted by Crippen LogP contribution is -2.35. The Bertz CT molecular complexity index is 865. The molecule has 0 radical (unpaired) electrons. The van der Waals surface area contributed by atoms with E-state index in [1.165, 1.54) is 11.6 Å². The van der Waals surface area contributed by atoms with Crippen molar-refractivity contribution in [3.8, 4) is 0 Å². The monoisotopic (exact) mass is 366 g/mol. The highest BCUT2D eigenvalue weighted by molar-refractivity contribution is 5.95. The van der Waals surface area contributed by atoms with E-state index in [0.717, 1.165) is 42.9 Å². The number of nitrogens with zero attached hydrogens (tertiary/aromatic N) is 2. The van der Waals surface area contributed by atoms with Gasteiger partial charge < -0.3 is 9.80 Å². The van der Waals surface area contributed by atoms with Crippen LogP contribution >= 0.6 is 0 Å². The van der Waals surface area contributed by atoms with Crippen molar-refractivity contribution in [2.45, 2.75) is 26.8 Å². The van der Waals surface area contributed by atoms with Crippen molar-refractivity contribution >= 4 is 5.91 Å². The second-order valence-corrected chi connectivity index (χ2v) is 8.03. The lowest BCUT2D eigenvalue weighted by Gasteiger charge is -2.30. The molecule has 3 atom stereocenters. The van der Waals surface area contributed by atoms with Crippen LogP contribution in [0.2, 0.25) is 0 Å². The first kappa shape index (κ1) is 18.2. The molecule has 0 aliphatic carbocycles. The van der Waals surface area contributed by atoms with Gasteiger partial charge in [-0.3, -0.25) is 4.79 Å². The fourth-order valence-electron chi connectivity index (χ4n) is 4.76. The zero-order valence-corrected chi connectivity index (χ0v) is 16.3. The van der Waals surface area contributed by atoms with Gasteiger partial charge in [0.15, 0.2) is 0 Å². The van der Waals surface area contributed by atoms with Crippen LogP contribution in [0, 0.1) is 31.5 Å². The first-order chi connectivity index (χ1) is 13.0. The molecule has 2 aliphatic heterocycles. The van der Waals surface area contributed by atoms with Crippen molar-refractivity contribution in [2.75, 3.05) is 26.2 Å². The molecule has 2 saturated heterocycles. The molecule has 2 aromatic carbocycles. The van der Waals surface area contributed by atoms with Gasteiger partial charge in [-0.25, -0.2) is 4.39 Å². The largest absolute Gasteiger partial charge is 0.331 e. The molecule has 3 nitrogen and oxygen atoms in total. The summed E-state index contributed by atoms with van der Waals surface area (Å²) in [5, 5.41) is 0. The highest BCUT2D eigenvalue weighted by Crippen LogP contribution is 2.45. The van der Waals surface area contributed by atoms with Crippen LogP contribution in [-0.2, 0) is 0 Å². The van der Waals surface area contributed by atoms with Crippen molar-refractivity contribution in [3.05, 3.63) is 70.5 Å². The van der Waals surface area contributed by atoms with Crippen molar-refractivity contribution in [2.24, 2.45) is 11.8 Å². The number of fused-ring (bicyclic) bond motifs is 1. The predicted molar refractivity (Wildman–Crippen MR) is 105 cm³/mol. The molecule has 142 valence electrons. The summed E-state index contributed by atoms with van der Waals surface area (Å²) in [6.07, 6.45) is 0. The maximum absolute atomic E-state index is 13.9.